The molecule has 2 heterocycles. The third kappa shape index (κ3) is 2.32. The molecule has 3 rings (SSSR count). The van der Waals surface area contributed by atoms with Crippen molar-refractivity contribution in [2.45, 2.75) is 12.8 Å². The van der Waals surface area contributed by atoms with Gasteiger partial charge in [-0.25, -0.2) is 0 Å². The van der Waals surface area contributed by atoms with Crippen LogP contribution in [-0.2, 0) is 16.0 Å². The lowest BCUT2D eigenvalue weighted by atomic mass is 9.98. The molecular weight excluding hydrogens is 252 g/mol. The first-order valence-electron chi connectivity index (χ1n) is 6.56. The maximum absolute atomic E-state index is 12.4. The van der Waals surface area contributed by atoms with Crippen LogP contribution < -0.4 is 4.90 Å². The number of hydrogen-bond acceptors (Lipinski definition) is 3. The van der Waals surface area contributed by atoms with Crippen molar-refractivity contribution in [1.29, 1.82) is 0 Å². The van der Waals surface area contributed by atoms with E-state index in [1.54, 1.807) is 24.5 Å². The van der Waals surface area contributed by atoms with Gasteiger partial charge < -0.3 is 0 Å². The van der Waals surface area contributed by atoms with Gasteiger partial charge in [-0.05, 0) is 24.1 Å². The second-order valence-electron chi connectivity index (χ2n) is 4.86. The highest BCUT2D eigenvalue weighted by Crippen LogP contribution is 2.28. The van der Waals surface area contributed by atoms with E-state index in [0.29, 0.717) is 12.1 Å². The number of amides is 2. The highest BCUT2D eigenvalue weighted by molar-refractivity contribution is 6.20. The van der Waals surface area contributed by atoms with Crippen LogP contribution >= 0.6 is 0 Å². The zero-order valence-electron chi connectivity index (χ0n) is 10.9. The highest BCUT2D eigenvalue weighted by atomic mass is 16.2. The SMILES string of the molecule is O=C1C[C@H](Cc2ccccc2)C(=O)N1c1ccncc1. The Balaban J connectivity index is 1.81. The number of hydrogen-bond donors (Lipinski definition) is 0. The molecular formula is C16H14N2O2. The van der Waals surface area contributed by atoms with Gasteiger partial charge in [0.2, 0.25) is 11.8 Å². The molecule has 2 aromatic rings. The summed E-state index contributed by atoms with van der Waals surface area (Å²) in [5.41, 5.74) is 1.68. The first-order valence-corrected chi connectivity index (χ1v) is 6.56. The minimum Gasteiger partial charge on any atom is -0.274 e. The Morgan fingerprint density at radius 1 is 1.05 bits per heavy atom. The Morgan fingerprint density at radius 3 is 2.45 bits per heavy atom. The van der Waals surface area contributed by atoms with Crippen LogP contribution in [0.1, 0.15) is 12.0 Å². The van der Waals surface area contributed by atoms with E-state index >= 15 is 0 Å². The molecule has 0 aliphatic carbocycles. The lowest BCUT2D eigenvalue weighted by molar-refractivity contribution is -0.122. The Morgan fingerprint density at radius 2 is 1.75 bits per heavy atom. The van der Waals surface area contributed by atoms with E-state index in [2.05, 4.69) is 4.98 Å². The summed E-state index contributed by atoms with van der Waals surface area (Å²) in [6.45, 7) is 0. The van der Waals surface area contributed by atoms with Gasteiger partial charge in [-0.1, -0.05) is 30.3 Å². The average Bonchev–Trinajstić information content (AvgIpc) is 2.75. The zero-order chi connectivity index (χ0) is 13.9. The van der Waals surface area contributed by atoms with Gasteiger partial charge >= 0.3 is 0 Å². The normalized spacial score (nSPS) is 18.6. The van der Waals surface area contributed by atoms with E-state index in [-0.39, 0.29) is 24.2 Å². The fraction of sp³-hybridized carbons (Fsp3) is 0.188. The van der Waals surface area contributed by atoms with Gasteiger partial charge in [-0.15, -0.1) is 0 Å². The van der Waals surface area contributed by atoms with Crippen molar-refractivity contribution >= 4 is 17.5 Å². The lowest BCUT2D eigenvalue weighted by Gasteiger charge is -2.14. The molecule has 100 valence electrons. The Hall–Kier alpha value is -2.49. The second-order valence-corrected chi connectivity index (χ2v) is 4.86. The van der Waals surface area contributed by atoms with E-state index < -0.39 is 0 Å². The van der Waals surface area contributed by atoms with Crippen molar-refractivity contribution in [1.82, 2.24) is 4.98 Å². The topological polar surface area (TPSA) is 50.3 Å². The van der Waals surface area contributed by atoms with Crippen LogP contribution in [0.5, 0.6) is 0 Å². The summed E-state index contributed by atoms with van der Waals surface area (Å²) >= 11 is 0. The van der Waals surface area contributed by atoms with Crippen LogP contribution in [0.2, 0.25) is 0 Å². The molecule has 1 aromatic carbocycles. The Bertz CT molecular complexity index is 625. The van der Waals surface area contributed by atoms with Crippen LogP contribution in [0.4, 0.5) is 5.69 Å². The summed E-state index contributed by atoms with van der Waals surface area (Å²) < 4.78 is 0. The van der Waals surface area contributed by atoms with Crippen molar-refractivity contribution < 1.29 is 9.59 Å². The molecule has 1 aliphatic rings. The van der Waals surface area contributed by atoms with Crippen LogP contribution in [0, 0.1) is 5.92 Å². The van der Waals surface area contributed by atoms with Crippen LogP contribution in [0.3, 0.4) is 0 Å². The third-order valence-corrected chi connectivity index (χ3v) is 3.49. The third-order valence-electron chi connectivity index (χ3n) is 3.49. The first-order chi connectivity index (χ1) is 9.75. The molecule has 0 radical (unpaired) electrons. The molecule has 0 N–H and O–H groups in total. The summed E-state index contributed by atoms with van der Waals surface area (Å²) in [6.07, 6.45) is 4.05. The molecule has 2 amide bonds. The van der Waals surface area contributed by atoms with Crippen LogP contribution in [-0.4, -0.2) is 16.8 Å². The quantitative estimate of drug-likeness (QED) is 0.800. The molecule has 1 saturated heterocycles. The maximum Gasteiger partial charge on any atom is 0.237 e. The largest absolute Gasteiger partial charge is 0.274 e. The molecule has 1 aromatic heterocycles. The molecule has 20 heavy (non-hydrogen) atoms. The number of carbonyl (C=O) groups excluding carboxylic acids is 2. The number of nitrogens with zero attached hydrogens (tertiary/aromatic N) is 2. The number of anilines is 1. The van der Waals surface area contributed by atoms with Crippen molar-refractivity contribution in [2.24, 2.45) is 5.92 Å². The summed E-state index contributed by atoms with van der Waals surface area (Å²) in [5, 5.41) is 0. The van der Waals surface area contributed by atoms with E-state index in [4.69, 9.17) is 0 Å². The van der Waals surface area contributed by atoms with Gasteiger partial charge in [-0.2, -0.15) is 0 Å². The van der Waals surface area contributed by atoms with Gasteiger partial charge in [0.15, 0.2) is 0 Å². The number of imide groups is 1. The van der Waals surface area contributed by atoms with Crippen molar-refractivity contribution in [3.8, 4) is 0 Å². The summed E-state index contributed by atoms with van der Waals surface area (Å²) in [5.74, 6) is -0.523. The molecule has 1 atom stereocenters. The van der Waals surface area contributed by atoms with Gasteiger partial charge in [0.05, 0.1) is 11.6 Å². The maximum atomic E-state index is 12.4. The minimum atomic E-state index is -0.266. The predicted molar refractivity (Wildman–Crippen MR) is 75.0 cm³/mol. The minimum absolute atomic E-state index is 0.120. The first kappa shape index (κ1) is 12.5. The smallest absolute Gasteiger partial charge is 0.237 e. The van der Waals surface area contributed by atoms with Crippen LogP contribution in [0.25, 0.3) is 0 Å². The van der Waals surface area contributed by atoms with Crippen molar-refractivity contribution in [2.75, 3.05) is 4.90 Å². The summed E-state index contributed by atoms with van der Waals surface area (Å²) in [7, 11) is 0. The molecule has 0 bridgehead atoms. The molecule has 1 aliphatic heterocycles. The molecule has 0 unspecified atom stereocenters. The summed E-state index contributed by atoms with van der Waals surface area (Å²) in [6, 6.07) is 13.1. The molecule has 4 nitrogen and oxygen atoms in total. The van der Waals surface area contributed by atoms with Gasteiger partial charge in [-0.3, -0.25) is 19.5 Å². The van der Waals surface area contributed by atoms with Crippen molar-refractivity contribution in [3.05, 3.63) is 60.4 Å². The van der Waals surface area contributed by atoms with Gasteiger partial charge in [0, 0.05) is 18.8 Å². The number of rotatable bonds is 3. The molecule has 1 fully saturated rings. The lowest BCUT2D eigenvalue weighted by Crippen LogP contribution is -2.30. The zero-order valence-corrected chi connectivity index (χ0v) is 10.9. The van der Waals surface area contributed by atoms with E-state index in [0.717, 1.165) is 5.56 Å². The second kappa shape index (κ2) is 5.25. The molecule has 0 spiro atoms. The van der Waals surface area contributed by atoms with Crippen LogP contribution in [0.15, 0.2) is 54.9 Å². The summed E-state index contributed by atoms with van der Waals surface area (Å²) in [4.78, 5) is 29.7. The predicted octanol–water partition coefficient (Wildman–Crippen LogP) is 2.20. The van der Waals surface area contributed by atoms with E-state index in [1.165, 1.54) is 4.90 Å². The fourth-order valence-electron chi connectivity index (χ4n) is 2.52. The fourth-order valence-corrected chi connectivity index (χ4v) is 2.52. The monoisotopic (exact) mass is 266 g/mol. The molecule has 0 saturated carbocycles. The van der Waals surface area contributed by atoms with E-state index in [1.807, 2.05) is 30.3 Å². The van der Waals surface area contributed by atoms with Gasteiger partial charge in [0.25, 0.3) is 0 Å². The number of pyridine rings is 1. The highest BCUT2D eigenvalue weighted by Gasteiger charge is 2.39. The number of aromatic nitrogens is 1. The number of carbonyl (C=O) groups is 2. The van der Waals surface area contributed by atoms with Crippen molar-refractivity contribution in [3.63, 3.8) is 0 Å². The Labute approximate surface area is 117 Å². The average molecular weight is 266 g/mol. The molecule has 4 heteroatoms. The standard InChI is InChI=1S/C16H14N2O2/c19-15-11-13(10-12-4-2-1-3-5-12)16(20)18(15)14-6-8-17-9-7-14/h1-9,13H,10-11H2/t13-/m0/s1. The number of benzene rings is 1. The van der Waals surface area contributed by atoms with Gasteiger partial charge in [0.1, 0.15) is 0 Å². The Kier molecular flexibility index (Phi) is 3.29. The van der Waals surface area contributed by atoms with E-state index in [9.17, 15) is 9.59 Å².